The summed E-state index contributed by atoms with van der Waals surface area (Å²) in [4.78, 5) is 18.3. The molecule has 1 aromatic heterocycles. The molecule has 8 heteroatoms. The number of hydrogen-bond acceptors (Lipinski definition) is 4. The van der Waals surface area contributed by atoms with Gasteiger partial charge in [0.05, 0.1) is 21.0 Å². The molecule has 3 aromatic rings. The molecule has 0 N–H and O–H groups in total. The summed E-state index contributed by atoms with van der Waals surface area (Å²) in [5.74, 6) is -0.718. The first-order chi connectivity index (χ1) is 14.9. The van der Waals surface area contributed by atoms with Crippen LogP contribution in [0.1, 0.15) is 18.4 Å². The number of aromatic nitrogens is 1. The van der Waals surface area contributed by atoms with Gasteiger partial charge in [-0.1, -0.05) is 47.2 Å². The fourth-order valence-corrected chi connectivity index (χ4v) is 6.39. The van der Waals surface area contributed by atoms with E-state index in [1.54, 1.807) is 30.3 Å². The highest BCUT2D eigenvalue weighted by molar-refractivity contribution is 7.89. The predicted octanol–water partition coefficient (Wildman–Crippen LogP) is 3.73. The maximum absolute atomic E-state index is 13.1. The average molecular weight is 456 g/mol. The van der Waals surface area contributed by atoms with Crippen molar-refractivity contribution in [2.75, 3.05) is 13.1 Å². The van der Waals surface area contributed by atoms with Gasteiger partial charge in [-0.25, -0.2) is 8.42 Å². The van der Waals surface area contributed by atoms with Crippen LogP contribution in [0, 0.1) is 12.8 Å². The third kappa shape index (κ3) is 4.42. The van der Waals surface area contributed by atoms with Crippen LogP contribution in [-0.2, 0) is 21.4 Å². The number of allylic oxidation sites excluding steroid dienone is 1. The van der Waals surface area contributed by atoms with Gasteiger partial charge in [0.1, 0.15) is 0 Å². The van der Waals surface area contributed by atoms with E-state index in [9.17, 15) is 13.2 Å². The van der Waals surface area contributed by atoms with Crippen LogP contribution in [0.4, 0.5) is 0 Å². The first-order valence-electron chi connectivity index (χ1n) is 10.2. The van der Waals surface area contributed by atoms with Crippen LogP contribution >= 0.6 is 11.3 Å². The van der Waals surface area contributed by atoms with Crippen LogP contribution in [0.15, 0.2) is 71.1 Å². The van der Waals surface area contributed by atoms with Crippen molar-refractivity contribution in [3.05, 3.63) is 71.6 Å². The summed E-state index contributed by atoms with van der Waals surface area (Å²) >= 11 is 1.46. The monoisotopic (exact) mass is 455 g/mol. The lowest BCUT2D eigenvalue weighted by Crippen LogP contribution is -2.42. The lowest BCUT2D eigenvalue weighted by molar-refractivity contribution is -0.122. The molecule has 1 saturated heterocycles. The molecule has 6 nitrogen and oxygen atoms in total. The number of benzene rings is 2. The van der Waals surface area contributed by atoms with E-state index in [1.807, 2.05) is 35.8 Å². The number of rotatable bonds is 5. The lowest BCUT2D eigenvalue weighted by Gasteiger charge is -2.30. The minimum absolute atomic E-state index is 0.158. The van der Waals surface area contributed by atoms with E-state index in [0.29, 0.717) is 30.7 Å². The highest BCUT2D eigenvalue weighted by Gasteiger charge is 2.33. The van der Waals surface area contributed by atoms with Crippen molar-refractivity contribution in [3.63, 3.8) is 0 Å². The Kier molecular flexibility index (Phi) is 6.22. The number of sulfonamides is 1. The Morgan fingerprint density at radius 3 is 2.71 bits per heavy atom. The molecular weight excluding hydrogens is 430 g/mol. The van der Waals surface area contributed by atoms with Crippen LogP contribution < -0.4 is 4.80 Å². The highest BCUT2D eigenvalue weighted by Crippen LogP contribution is 2.25. The largest absolute Gasteiger partial charge is 0.313 e. The molecule has 2 heterocycles. The van der Waals surface area contributed by atoms with Crippen molar-refractivity contribution in [1.82, 2.24) is 8.87 Å². The highest BCUT2D eigenvalue weighted by atomic mass is 32.2. The Morgan fingerprint density at radius 2 is 1.97 bits per heavy atom. The number of hydrogen-bond donors (Lipinski definition) is 0. The second-order valence-electron chi connectivity index (χ2n) is 7.72. The molecule has 1 aliphatic rings. The molecule has 4 rings (SSSR count). The number of nitrogens with zero attached hydrogens (tertiary/aromatic N) is 3. The number of carbonyl (C=O) groups is 1. The minimum atomic E-state index is -3.63. The molecule has 0 spiro atoms. The van der Waals surface area contributed by atoms with Gasteiger partial charge in [0.15, 0.2) is 4.80 Å². The summed E-state index contributed by atoms with van der Waals surface area (Å²) in [6.07, 6.45) is 3.05. The van der Waals surface area contributed by atoms with Crippen molar-refractivity contribution in [2.24, 2.45) is 10.9 Å². The van der Waals surface area contributed by atoms with Gasteiger partial charge in [0.2, 0.25) is 10.0 Å². The zero-order valence-corrected chi connectivity index (χ0v) is 19.0. The van der Waals surface area contributed by atoms with Gasteiger partial charge in [-0.3, -0.25) is 4.79 Å². The Hall–Kier alpha value is -2.55. The molecule has 0 aliphatic carbocycles. The minimum Gasteiger partial charge on any atom is -0.313 e. The van der Waals surface area contributed by atoms with Crippen molar-refractivity contribution in [1.29, 1.82) is 0 Å². The Labute approximate surface area is 186 Å². The van der Waals surface area contributed by atoms with Gasteiger partial charge in [0.25, 0.3) is 5.91 Å². The summed E-state index contributed by atoms with van der Waals surface area (Å²) in [5, 5.41) is 0. The Morgan fingerprint density at radius 1 is 1.23 bits per heavy atom. The van der Waals surface area contributed by atoms with Crippen LogP contribution in [0.2, 0.25) is 0 Å². The second kappa shape index (κ2) is 8.90. The molecule has 1 fully saturated rings. The van der Waals surface area contributed by atoms with Gasteiger partial charge in [0, 0.05) is 19.6 Å². The number of fused-ring (bicyclic) bond motifs is 1. The van der Waals surface area contributed by atoms with Gasteiger partial charge < -0.3 is 4.57 Å². The summed E-state index contributed by atoms with van der Waals surface area (Å²) in [6, 6.07) is 14.7. The fraction of sp³-hybridized carbons (Fsp3) is 0.304. The van der Waals surface area contributed by atoms with Gasteiger partial charge >= 0.3 is 0 Å². The maximum Gasteiger partial charge on any atom is 0.252 e. The van der Waals surface area contributed by atoms with E-state index in [-0.39, 0.29) is 17.3 Å². The number of amides is 1. The smallest absolute Gasteiger partial charge is 0.252 e. The van der Waals surface area contributed by atoms with E-state index in [0.717, 1.165) is 15.8 Å². The van der Waals surface area contributed by atoms with Crippen molar-refractivity contribution in [3.8, 4) is 0 Å². The third-order valence-corrected chi connectivity index (χ3v) is 8.44. The first kappa shape index (κ1) is 21.7. The maximum atomic E-state index is 13.1. The summed E-state index contributed by atoms with van der Waals surface area (Å²) in [6.45, 7) is 6.85. The first-order valence-corrected chi connectivity index (χ1v) is 12.5. The molecule has 0 radical (unpaired) electrons. The van der Waals surface area contributed by atoms with Crippen molar-refractivity contribution in [2.45, 2.75) is 31.2 Å². The fourth-order valence-electron chi connectivity index (χ4n) is 3.82. The second-order valence-corrected chi connectivity index (χ2v) is 10.7. The molecule has 1 amide bonds. The molecule has 2 aromatic carbocycles. The molecule has 0 saturated carbocycles. The molecule has 31 heavy (non-hydrogen) atoms. The van der Waals surface area contributed by atoms with E-state index in [2.05, 4.69) is 11.6 Å². The van der Waals surface area contributed by atoms with E-state index >= 15 is 0 Å². The average Bonchev–Trinajstić information content (AvgIpc) is 3.11. The van der Waals surface area contributed by atoms with Crippen LogP contribution in [0.3, 0.4) is 0 Å². The SMILES string of the molecule is C=CCn1c(=NC(=O)C2CCCN(S(=O)(=O)c3ccc(C)cc3)C2)sc2ccccc21. The van der Waals surface area contributed by atoms with Crippen LogP contribution in [-0.4, -0.2) is 36.3 Å². The number of carbonyl (C=O) groups excluding carboxylic acids is 1. The zero-order valence-electron chi connectivity index (χ0n) is 17.4. The van der Waals surface area contributed by atoms with Gasteiger partial charge in [-0.05, 0) is 44.0 Å². The molecule has 1 atom stereocenters. The van der Waals surface area contributed by atoms with Crippen molar-refractivity contribution < 1.29 is 13.2 Å². The van der Waals surface area contributed by atoms with Crippen LogP contribution in [0.5, 0.6) is 0 Å². The molecule has 162 valence electrons. The summed E-state index contributed by atoms with van der Waals surface area (Å²) in [5.41, 5.74) is 2.01. The molecular formula is C23H25N3O3S2. The Balaban J connectivity index is 1.61. The lowest BCUT2D eigenvalue weighted by atomic mass is 9.99. The van der Waals surface area contributed by atoms with Gasteiger partial charge in [-0.15, -0.1) is 6.58 Å². The summed E-state index contributed by atoms with van der Waals surface area (Å²) in [7, 11) is -3.63. The zero-order chi connectivity index (χ0) is 22.0. The number of thiazole rings is 1. The number of para-hydroxylation sites is 1. The van der Waals surface area contributed by atoms with E-state index < -0.39 is 15.9 Å². The van der Waals surface area contributed by atoms with E-state index in [1.165, 1.54) is 15.6 Å². The topological polar surface area (TPSA) is 71.7 Å². The van der Waals surface area contributed by atoms with E-state index in [4.69, 9.17) is 0 Å². The quantitative estimate of drug-likeness (QED) is 0.551. The number of piperidine rings is 1. The van der Waals surface area contributed by atoms with Gasteiger partial charge in [-0.2, -0.15) is 9.30 Å². The normalized spacial score (nSPS) is 18.4. The van der Waals surface area contributed by atoms with Crippen LogP contribution in [0.25, 0.3) is 10.2 Å². The predicted molar refractivity (Wildman–Crippen MR) is 123 cm³/mol. The molecule has 0 bridgehead atoms. The third-order valence-electron chi connectivity index (χ3n) is 5.50. The summed E-state index contributed by atoms with van der Waals surface area (Å²) < 4.78 is 30.5. The molecule has 1 unspecified atom stereocenters. The Bertz CT molecular complexity index is 1290. The van der Waals surface area contributed by atoms with Crippen molar-refractivity contribution >= 4 is 37.5 Å². The molecule has 1 aliphatic heterocycles. The number of aryl methyl sites for hydroxylation is 1. The standard InChI is InChI=1S/C23H25N3O3S2/c1-3-14-26-20-8-4-5-9-21(20)30-23(26)24-22(27)18-7-6-15-25(16-18)31(28,29)19-12-10-17(2)11-13-19/h3-5,8-13,18H,1,6-7,14-16H2,2H3.